The highest BCUT2D eigenvalue weighted by atomic mass is 32.2. The maximum absolute atomic E-state index is 11.9. The van der Waals surface area contributed by atoms with Crippen molar-refractivity contribution < 1.29 is 19.3 Å². The summed E-state index contributed by atoms with van der Waals surface area (Å²) in [5.74, 6) is -1.51. The van der Waals surface area contributed by atoms with Crippen LogP contribution >= 0.6 is 23.1 Å². The van der Waals surface area contributed by atoms with E-state index in [9.17, 15) is 24.5 Å². The quantitative estimate of drug-likeness (QED) is 0.349. The summed E-state index contributed by atoms with van der Waals surface area (Å²) in [5.41, 5.74) is 10.4. The predicted molar refractivity (Wildman–Crippen MR) is 99.2 cm³/mol. The number of hydrogen-bond donors (Lipinski definition) is 3. The van der Waals surface area contributed by atoms with Crippen LogP contribution < -0.4 is 16.6 Å². The number of nitrogens with one attached hydrogen (secondary N) is 2. The highest BCUT2D eigenvalue weighted by molar-refractivity contribution is 8.01. The van der Waals surface area contributed by atoms with E-state index in [0.29, 0.717) is 10.0 Å². The lowest BCUT2D eigenvalue weighted by Crippen LogP contribution is -2.42. The average molecular weight is 409 g/mol. The van der Waals surface area contributed by atoms with Gasteiger partial charge in [-0.1, -0.05) is 11.8 Å². The van der Waals surface area contributed by atoms with E-state index in [0.717, 1.165) is 16.6 Å². The van der Waals surface area contributed by atoms with Gasteiger partial charge in [0.1, 0.15) is 0 Å². The lowest BCUT2D eigenvalue weighted by molar-refractivity contribution is -0.384. The molecule has 10 nitrogen and oxygen atoms in total. The Morgan fingerprint density at radius 3 is 2.52 bits per heavy atom. The summed E-state index contributed by atoms with van der Waals surface area (Å²) in [5, 5.41) is 10.6. The summed E-state index contributed by atoms with van der Waals surface area (Å²) >= 11 is 2.44. The van der Waals surface area contributed by atoms with Gasteiger partial charge in [0.05, 0.1) is 22.8 Å². The Labute approximate surface area is 161 Å². The molecular formula is C15H15N5O5S2. The molecule has 12 heteroatoms. The van der Waals surface area contributed by atoms with Gasteiger partial charge in [-0.2, -0.15) is 0 Å². The van der Waals surface area contributed by atoms with Crippen LogP contribution in [0.3, 0.4) is 0 Å². The van der Waals surface area contributed by atoms with Crippen molar-refractivity contribution in [3.63, 3.8) is 0 Å². The Bertz CT molecular complexity index is 881. The fourth-order valence-corrected chi connectivity index (χ4v) is 3.93. The van der Waals surface area contributed by atoms with Crippen LogP contribution in [0.15, 0.2) is 28.6 Å². The summed E-state index contributed by atoms with van der Waals surface area (Å²) in [6, 6.07) is 4.96. The minimum Gasteiger partial charge on any atom is -0.369 e. The third kappa shape index (κ3) is 6.04. The van der Waals surface area contributed by atoms with Crippen molar-refractivity contribution in [3.05, 3.63) is 50.5 Å². The first-order valence-corrected chi connectivity index (χ1v) is 9.27. The maximum atomic E-state index is 11.9. The van der Waals surface area contributed by atoms with Crippen molar-refractivity contribution in [2.45, 2.75) is 17.7 Å². The van der Waals surface area contributed by atoms with Crippen LogP contribution in [0.25, 0.3) is 0 Å². The van der Waals surface area contributed by atoms with E-state index >= 15 is 0 Å². The maximum Gasteiger partial charge on any atom is 0.269 e. The van der Waals surface area contributed by atoms with Gasteiger partial charge in [-0.05, 0) is 19.1 Å². The van der Waals surface area contributed by atoms with E-state index in [1.54, 1.807) is 6.92 Å². The van der Waals surface area contributed by atoms with E-state index < -0.39 is 22.6 Å². The molecule has 0 saturated heterocycles. The Hall–Kier alpha value is -2.99. The summed E-state index contributed by atoms with van der Waals surface area (Å²) in [7, 11) is 0. The minimum atomic E-state index is -0.600. The Balaban J connectivity index is 1.81. The molecule has 4 N–H and O–H groups in total. The van der Waals surface area contributed by atoms with Gasteiger partial charge in [0.25, 0.3) is 11.6 Å². The number of nitrogens with two attached hydrogens (primary N) is 1. The number of nitrogens with zero attached hydrogens (tertiary/aromatic N) is 2. The third-order valence-electron chi connectivity index (χ3n) is 3.19. The Morgan fingerprint density at radius 1 is 1.26 bits per heavy atom. The normalized spacial score (nSPS) is 10.3. The molecule has 142 valence electrons. The topological polar surface area (TPSA) is 157 Å². The number of nitro benzene ring substituents is 1. The molecule has 1 aromatic heterocycles. The zero-order chi connectivity index (χ0) is 20.0. The largest absolute Gasteiger partial charge is 0.369 e. The first kappa shape index (κ1) is 20.3. The zero-order valence-corrected chi connectivity index (χ0v) is 15.7. The molecule has 0 saturated carbocycles. The second kappa shape index (κ2) is 9.09. The number of aryl methyl sites for hydroxylation is 1. The number of aromatic nitrogens is 1. The first-order valence-electron chi connectivity index (χ1n) is 7.47. The Morgan fingerprint density at radius 2 is 1.93 bits per heavy atom. The van der Waals surface area contributed by atoms with Gasteiger partial charge in [0.2, 0.25) is 11.8 Å². The number of thiazole rings is 1. The van der Waals surface area contributed by atoms with Crippen LogP contribution in [0.1, 0.15) is 20.9 Å². The molecule has 0 radical (unpaired) electrons. The van der Waals surface area contributed by atoms with Gasteiger partial charge in [-0.3, -0.25) is 35.3 Å². The molecule has 2 rings (SSSR count). The smallest absolute Gasteiger partial charge is 0.269 e. The second-order valence-corrected chi connectivity index (χ2v) is 7.53. The molecule has 0 fully saturated rings. The number of benzene rings is 1. The highest BCUT2D eigenvalue weighted by Gasteiger charge is 2.13. The van der Waals surface area contributed by atoms with Gasteiger partial charge in [0.15, 0.2) is 4.34 Å². The van der Waals surface area contributed by atoms with Gasteiger partial charge >= 0.3 is 0 Å². The zero-order valence-electron chi connectivity index (χ0n) is 14.1. The molecule has 0 spiro atoms. The molecule has 0 aliphatic rings. The van der Waals surface area contributed by atoms with Crippen molar-refractivity contribution in [2.24, 2.45) is 5.73 Å². The number of carbonyl (C=O) groups is 3. The standard InChI is InChI=1S/C15H15N5O5S2/c1-8-11(6-12(16)21)27-15(17-8)26-7-13(22)18-19-14(23)9-2-4-10(5-3-9)20(24)25/h2-5H,6-7H2,1H3,(H2,16,21)(H,18,22)(H,19,23). The monoisotopic (exact) mass is 409 g/mol. The average Bonchev–Trinajstić information content (AvgIpc) is 2.96. The molecule has 0 unspecified atom stereocenters. The molecule has 0 aliphatic carbocycles. The molecule has 3 amide bonds. The van der Waals surface area contributed by atoms with Crippen molar-refractivity contribution in [1.29, 1.82) is 0 Å². The van der Waals surface area contributed by atoms with Crippen molar-refractivity contribution >= 4 is 46.5 Å². The molecular weight excluding hydrogens is 394 g/mol. The van der Waals surface area contributed by atoms with Crippen LogP contribution in [0, 0.1) is 17.0 Å². The van der Waals surface area contributed by atoms with E-state index in [1.165, 1.54) is 35.6 Å². The third-order valence-corrected chi connectivity index (χ3v) is 5.49. The lowest BCUT2D eigenvalue weighted by Gasteiger charge is -2.06. The number of rotatable bonds is 7. The van der Waals surface area contributed by atoms with Crippen molar-refractivity contribution in [3.8, 4) is 0 Å². The van der Waals surface area contributed by atoms with Gasteiger partial charge in [-0.15, -0.1) is 11.3 Å². The molecule has 0 bridgehead atoms. The number of primary amides is 1. The summed E-state index contributed by atoms with van der Waals surface area (Å²) in [6.45, 7) is 1.75. The molecule has 1 aromatic carbocycles. The number of hydrazine groups is 1. The summed E-state index contributed by atoms with van der Waals surface area (Å²) < 4.78 is 0.612. The van der Waals surface area contributed by atoms with E-state index in [1.807, 2.05) is 0 Å². The Kier molecular flexibility index (Phi) is 6.85. The van der Waals surface area contributed by atoms with Crippen LogP contribution in [0.2, 0.25) is 0 Å². The minimum absolute atomic E-state index is 0.00348. The SMILES string of the molecule is Cc1nc(SCC(=O)NNC(=O)c2ccc([N+](=O)[O-])cc2)sc1CC(N)=O. The van der Waals surface area contributed by atoms with Crippen LogP contribution in [0.5, 0.6) is 0 Å². The summed E-state index contributed by atoms with van der Waals surface area (Å²) in [4.78, 5) is 49.7. The van der Waals surface area contributed by atoms with E-state index in [-0.39, 0.29) is 23.4 Å². The lowest BCUT2D eigenvalue weighted by atomic mass is 10.2. The van der Waals surface area contributed by atoms with Gasteiger partial charge < -0.3 is 5.73 Å². The van der Waals surface area contributed by atoms with Crippen molar-refractivity contribution in [1.82, 2.24) is 15.8 Å². The van der Waals surface area contributed by atoms with E-state index in [2.05, 4.69) is 15.8 Å². The second-order valence-electron chi connectivity index (χ2n) is 5.23. The number of carbonyl (C=O) groups excluding carboxylic acids is 3. The number of amides is 3. The van der Waals surface area contributed by atoms with Gasteiger partial charge in [0, 0.05) is 22.6 Å². The predicted octanol–water partition coefficient (Wildman–Crippen LogP) is 0.941. The first-order chi connectivity index (χ1) is 12.8. The highest BCUT2D eigenvalue weighted by Crippen LogP contribution is 2.27. The molecule has 0 atom stereocenters. The van der Waals surface area contributed by atoms with Crippen LogP contribution in [-0.4, -0.2) is 33.4 Å². The summed E-state index contributed by atoms with van der Waals surface area (Å²) in [6.07, 6.45) is 0.0988. The number of non-ortho nitro benzene ring substituents is 1. The van der Waals surface area contributed by atoms with Crippen molar-refractivity contribution in [2.75, 3.05) is 5.75 Å². The number of thioether (sulfide) groups is 1. The van der Waals surface area contributed by atoms with Crippen LogP contribution in [-0.2, 0) is 16.0 Å². The molecule has 27 heavy (non-hydrogen) atoms. The number of hydrogen-bond acceptors (Lipinski definition) is 8. The van der Waals surface area contributed by atoms with Crippen LogP contribution in [0.4, 0.5) is 5.69 Å². The van der Waals surface area contributed by atoms with Gasteiger partial charge in [-0.25, -0.2) is 4.98 Å². The molecule has 0 aliphatic heterocycles. The number of nitro groups is 1. The fraction of sp³-hybridized carbons (Fsp3) is 0.200. The molecule has 1 heterocycles. The molecule has 2 aromatic rings. The van der Waals surface area contributed by atoms with E-state index in [4.69, 9.17) is 5.73 Å². The fourth-order valence-electron chi connectivity index (χ4n) is 1.88.